The summed E-state index contributed by atoms with van der Waals surface area (Å²) in [5.41, 5.74) is 0. The van der Waals surface area contributed by atoms with Gasteiger partial charge in [0.05, 0.1) is 0 Å². The second-order valence-corrected chi connectivity index (χ2v) is 6.48. The van der Waals surface area contributed by atoms with E-state index in [0.29, 0.717) is 6.07 Å². The molecular weight excluding hydrogens is 284 g/mol. The third kappa shape index (κ3) is 3.90. The Labute approximate surface area is 110 Å². The highest BCUT2D eigenvalue weighted by atomic mass is 35.5. The first-order valence-electron chi connectivity index (χ1n) is 5.33. The Morgan fingerprint density at radius 2 is 1.94 bits per heavy atom. The predicted molar refractivity (Wildman–Crippen MR) is 66.0 cm³/mol. The van der Waals surface area contributed by atoms with Crippen molar-refractivity contribution in [3.8, 4) is 0 Å². The molecule has 1 N–H and O–H groups in total. The maximum Gasteiger partial charge on any atom is 0.243 e. The molecule has 1 atom stereocenters. The number of alkyl halides is 1. The van der Waals surface area contributed by atoms with Crippen LogP contribution >= 0.6 is 11.6 Å². The Morgan fingerprint density at radius 3 is 2.50 bits per heavy atom. The monoisotopic (exact) mass is 297 g/mol. The molecule has 102 valence electrons. The van der Waals surface area contributed by atoms with Crippen LogP contribution in [-0.4, -0.2) is 20.3 Å². The average Bonchev–Trinajstić information content (AvgIpc) is 2.29. The van der Waals surface area contributed by atoms with E-state index in [1.54, 1.807) is 0 Å². The van der Waals surface area contributed by atoms with Gasteiger partial charge in [0, 0.05) is 11.9 Å². The first-order valence-corrected chi connectivity index (χ1v) is 7.25. The van der Waals surface area contributed by atoms with E-state index < -0.39 is 31.9 Å². The normalized spacial score (nSPS) is 13.9. The van der Waals surface area contributed by atoms with Crippen molar-refractivity contribution in [2.45, 2.75) is 24.1 Å². The lowest BCUT2D eigenvalue weighted by atomic mass is 10.1. The van der Waals surface area contributed by atoms with E-state index in [9.17, 15) is 17.2 Å². The van der Waals surface area contributed by atoms with Crippen LogP contribution in [0.3, 0.4) is 0 Å². The van der Waals surface area contributed by atoms with Crippen LogP contribution in [0.5, 0.6) is 0 Å². The average molecular weight is 298 g/mol. The zero-order chi connectivity index (χ0) is 13.9. The maximum absolute atomic E-state index is 13.3. The number of hydrogen-bond acceptors (Lipinski definition) is 2. The molecule has 0 amide bonds. The summed E-state index contributed by atoms with van der Waals surface area (Å²) < 4.78 is 51.9. The second kappa shape index (κ2) is 5.95. The highest BCUT2D eigenvalue weighted by Gasteiger charge is 2.21. The van der Waals surface area contributed by atoms with Gasteiger partial charge in [-0.25, -0.2) is 21.9 Å². The predicted octanol–water partition coefficient (Wildman–Crippen LogP) is 2.51. The van der Waals surface area contributed by atoms with Gasteiger partial charge in [0.2, 0.25) is 10.0 Å². The third-order valence-corrected chi connectivity index (χ3v) is 4.47. The smallest absolute Gasteiger partial charge is 0.210 e. The third-order valence-electron chi connectivity index (χ3n) is 2.37. The van der Waals surface area contributed by atoms with Crippen molar-refractivity contribution in [2.24, 2.45) is 5.92 Å². The lowest BCUT2D eigenvalue weighted by Crippen LogP contribution is -2.32. The summed E-state index contributed by atoms with van der Waals surface area (Å²) in [5, 5.41) is -0.420. The van der Waals surface area contributed by atoms with Gasteiger partial charge >= 0.3 is 0 Å². The molecule has 3 nitrogen and oxygen atoms in total. The molecule has 0 radical (unpaired) electrons. The first kappa shape index (κ1) is 15.3. The lowest BCUT2D eigenvalue weighted by Gasteiger charge is -2.14. The topological polar surface area (TPSA) is 46.2 Å². The molecule has 0 aliphatic heterocycles. The van der Waals surface area contributed by atoms with E-state index in [2.05, 4.69) is 4.72 Å². The number of rotatable bonds is 5. The quantitative estimate of drug-likeness (QED) is 0.849. The first-order chi connectivity index (χ1) is 8.24. The van der Waals surface area contributed by atoms with Crippen LogP contribution in [0.2, 0.25) is 0 Å². The highest BCUT2D eigenvalue weighted by molar-refractivity contribution is 7.89. The van der Waals surface area contributed by atoms with E-state index >= 15 is 0 Å². The van der Waals surface area contributed by atoms with Crippen molar-refractivity contribution in [2.75, 3.05) is 6.54 Å². The summed E-state index contributed by atoms with van der Waals surface area (Å²) in [7, 11) is -4.09. The fourth-order valence-corrected chi connectivity index (χ4v) is 2.50. The molecule has 0 bridgehead atoms. The fraction of sp³-hybridized carbons (Fsp3) is 0.455. The maximum atomic E-state index is 13.3. The number of nitrogens with one attached hydrogen (secondary N) is 1. The van der Waals surface area contributed by atoms with Crippen LogP contribution < -0.4 is 4.72 Å². The Bertz CT molecular complexity index is 520. The van der Waals surface area contributed by atoms with Gasteiger partial charge in [0.1, 0.15) is 16.5 Å². The van der Waals surface area contributed by atoms with Gasteiger partial charge in [-0.2, -0.15) is 0 Å². The SMILES string of the molecule is CC(C)C(Cl)CNS(=O)(=O)c1cc(F)ccc1F. The van der Waals surface area contributed by atoms with Crippen LogP contribution in [0.4, 0.5) is 8.78 Å². The van der Waals surface area contributed by atoms with Crippen molar-refractivity contribution in [1.29, 1.82) is 0 Å². The minimum atomic E-state index is -4.09. The van der Waals surface area contributed by atoms with Crippen molar-refractivity contribution < 1.29 is 17.2 Å². The van der Waals surface area contributed by atoms with E-state index in [1.165, 1.54) is 0 Å². The van der Waals surface area contributed by atoms with Crippen molar-refractivity contribution in [1.82, 2.24) is 4.72 Å². The van der Waals surface area contributed by atoms with Gasteiger partial charge in [0.25, 0.3) is 0 Å². The number of sulfonamides is 1. The highest BCUT2D eigenvalue weighted by Crippen LogP contribution is 2.16. The minimum Gasteiger partial charge on any atom is -0.210 e. The second-order valence-electron chi connectivity index (χ2n) is 4.19. The molecule has 0 aromatic heterocycles. The number of hydrogen-bond donors (Lipinski definition) is 1. The van der Waals surface area contributed by atoms with Crippen LogP contribution in [-0.2, 0) is 10.0 Å². The molecule has 1 aromatic carbocycles. The summed E-state index contributed by atoms with van der Waals surface area (Å²) in [6.45, 7) is 3.61. The lowest BCUT2D eigenvalue weighted by molar-refractivity contribution is 0.536. The summed E-state index contributed by atoms with van der Waals surface area (Å²) in [6, 6.07) is 2.26. The Balaban J connectivity index is 2.90. The molecule has 0 aliphatic rings. The molecule has 7 heteroatoms. The molecule has 1 rings (SSSR count). The molecule has 0 saturated carbocycles. The van der Waals surface area contributed by atoms with Gasteiger partial charge in [-0.15, -0.1) is 11.6 Å². The van der Waals surface area contributed by atoms with Crippen molar-refractivity contribution >= 4 is 21.6 Å². The summed E-state index contributed by atoms with van der Waals surface area (Å²) >= 11 is 5.89. The molecule has 0 heterocycles. The fourth-order valence-electron chi connectivity index (χ4n) is 1.19. The van der Waals surface area contributed by atoms with Crippen LogP contribution in [0.15, 0.2) is 23.1 Å². The summed E-state index contributed by atoms with van der Waals surface area (Å²) in [6.07, 6.45) is 0. The minimum absolute atomic E-state index is 0.0441. The van der Waals surface area contributed by atoms with Crippen LogP contribution in [0.25, 0.3) is 0 Å². The molecule has 1 aromatic rings. The van der Waals surface area contributed by atoms with Crippen LogP contribution in [0.1, 0.15) is 13.8 Å². The molecule has 18 heavy (non-hydrogen) atoms. The number of halogens is 3. The number of benzene rings is 1. The summed E-state index contributed by atoms with van der Waals surface area (Å²) in [4.78, 5) is -0.713. The molecule has 0 spiro atoms. The molecular formula is C11H14ClF2NO2S. The Hall–Kier alpha value is -0.720. The van der Waals surface area contributed by atoms with Gasteiger partial charge < -0.3 is 0 Å². The Morgan fingerprint density at radius 1 is 1.33 bits per heavy atom. The van der Waals surface area contributed by atoms with E-state index in [1.807, 2.05) is 13.8 Å². The van der Waals surface area contributed by atoms with Gasteiger partial charge in [-0.1, -0.05) is 13.8 Å². The molecule has 1 unspecified atom stereocenters. The molecule has 0 fully saturated rings. The van der Waals surface area contributed by atoms with Crippen molar-refractivity contribution in [3.05, 3.63) is 29.8 Å². The van der Waals surface area contributed by atoms with E-state index in [0.717, 1.165) is 12.1 Å². The van der Waals surface area contributed by atoms with Gasteiger partial charge in [-0.05, 0) is 24.1 Å². The van der Waals surface area contributed by atoms with Crippen LogP contribution in [0, 0.1) is 17.6 Å². The van der Waals surface area contributed by atoms with E-state index in [4.69, 9.17) is 11.6 Å². The zero-order valence-corrected chi connectivity index (χ0v) is 11.5. The molecule has 0 saturated heterocycles. The standard InChI is InChI=1S/C11H14ClF2NO2S/c1-7(2)9(12)6-15-18(16,17)11-5-8(13)3-4-10(11)14/h3-5,7,9,15H,6H2,1-2H3. The van der Waals surface area contributed by atoms with Gasteiger partial charge in [0.15, 0.2) is 0 Å². The zero-order valence-electron chi connectivity index (χ0n) is 9.95. The largest absolute Gasteiger partial charge is 0.243 e. The summed E-state index contributed by atoms with van der Waals surface area (Å²) in [5.74, 6) is -1.76. The van der Waals surface area contributed by atoms with Crippen molar-refractivity contribution in [3.63, 3.8) is 0 Å². The Kier molecular flexibility index (Phi) is 5.07. The van der Waals surface area contributed by atoms with E-state index in [-0.39, 0.29) is 12.5 Å². The van der Waals surface area contributed by atoms with Gasteiger partial charge in [-0.3, -0.25) is 0 Å². The molecule has 0 aliphatic carbocycles.